The second-order valence-corrected chi connectivity index (χ2v) is 7.00. The summed E-state index contributed by atoms with van der Waals surface area (Å²) in [6.45, 7) is 9.35. The minimum atomic E-state index is 0. The Kier molecular flexibility index (Phi) is 10.5. The van der Waals surface area contributed by atoms with Crippen molar-refractivity contribution >= 4 is 29.9 Å². The van der Waals surface area contributed by atoms with E-state index < -0.39 is 0 Å². The van der Waals surface area contributed by atoms with Crippen LogP contribution in [0, 0.1) is 6.92 Å². The predicted octanol–water partition coefficient (Wildman–Crippen LogP) is 3.34. The predicted molar refractivity (Wildman–Crippen MR) is 130 cm³/mol. The topological polar surface area (TPSA) is 71.3 Å². The molecule has 30 heavy (non-hydrogen) atoms. The molecule has 7 nitrogen and oxygen atoms in total. The molecule has 0 spiro atoms. The zero-order chi connectivity index (χ0) is 20.5. The maximum atomic E-state index is 5.95. The highest BCUT2D eigenvalue weighted by molar-refractivity contribution is 14.0. The lowest BCUT2D eigenvalue weighted by molar-refractivity contribution is 0.0124. The van der Waals surface area contributed by atoms with Crippen LogP contribution in [0.25, 0.3) is 0 Å². The summed E-state index contributed by atoms with van der Waals surface area (Å²) in [4.78, 5) is 7.15. The zero-order valence-electron chi connectivity index (χ0n) is 18.0. The van der Waals surface area contributed by atoms with E-state index in [0.717, 1.165) is 61.6 Å². The average Bonchev–Trinajstić information content (AvgIpc) is 3.19. The number of nitrogens with zero attached hydrogens (tertiary/aromatic N) is 2. The minimum absolute atomic E-state index is 0. The van der Waals surface area contributed by atoms with E-state index >= 15 is 0 Å². The van der Waals surface area contributed by atoms with Gasteiger partial charge in [-0.25, -0.2) is 4.99 Å². The van der Waals surface area contributed by atoms with Crippen LogP contribution in [0.1, 0.15) is 30.0 Å². The average molecular weight is 528 g/mol. The normalized spacial score (nSPS) is 15.9. The molecule has 1 unspecified atom stereocenters. The molecule has 1 aliphatic rings. The fraction of sp³-hybridized carbons (Fsp3) is 0.500. The van der Waals surface area contributed by atoms with E-state index in [0.29, 0.717) is 13.1 Å². The van der Waals surface area contributed by atoms with E-state index in [1.54, 1.807) is 7.11 Å². The van der Waals surface area contributed by atoms with E-state index in [1.807, 2.05) is 37.3 Å². The molecule has 0 saturated carbocycles. The van der Waals surface area contributed by atoms with Gasteiger partial charge in [0.05, 0.1) is 32.9 Å². The fourth-order valence-electron chi connectivity index (χ4n) is 3.46. The molecule has 2 N–H and O–H groups in total. The number of rotatable bonds is 8. The van der Waals surface area contributed by atoms with Crippen LogP contribution in [-0.2, 0) is 11.3 Å². The number of halogens is 1. The lowest BCUT2D eigenvalue weighted by Gasteiger charge is -2.33. The van der Waals surface area contributed by atoms with E-state index in [9.17, 15) is 0 Å². The summed E-state index contributed by atoms with van der Waals surface area (Å²) in [7, 11) is 1.68. The van der Waals surface area contributed by atoms with Gasteiger partial charge in [-0.15, -0.1) is 24.0 Å². The van der Waals surface area contributed by atoms with E-state index in [1.165, 1.54) is 0 Å². The molecule has 1 fully saturated rings. The summed E-state index contributed by atoms with van der Waals surface area (Å²) in [6.07, 6.45) is 0. The number of para-hydroxylation sites is 1. The first-order valence-corrected chi connectivity index (χ1v) is 10.2. The molecule has 3 rings (SSSR count). The fourth-order valence-corrected chi connectivity index (χ4v) is 3.46. The molecule has 0 bridgehead atoms. The SMILES string of the molecule is CCNC(=NCc1ccccc1OC)NCC(c1ccc(C)o1)N1CCOCC1.I. The maximum absolute atomic E-state index is 5.95. The Morgan fingerprint density at radius 2 is 1.93 bits per heavy atom. The summed E-state index contributed by atoms with van der Waals surface area (Å²) in [5, 5.41) is 6.82. The number of furan rings is 1. The summed E-state index contributed by atoms with van der Waals surface area (Å²) < 4.78 is 16.9. The van der Waals surface area contributed by atoms with Gasteiger partial charge in [0.25, 0.3) is 0 Å². The Morgan fingerprint density at radius 1 is 1.17 bits per heavy atom. The lowest BCUT2D eigenvalue weighted by Crippen LogP contribution is -2.46. The molecular weight excluding hydrogens is 495 g/mol. The van der Waals surface area contributed by atoms with Crippen molar-refractivity contribution in [3.63, 3.8) is 0 Å². The molecule has 0 radical (unpaired) electrons. The molecule has 8 heteroatoms. The van der Waals surface area contributed by atoms with E-state index in [2.05, 4.69) is 28.5 Å². The van der Waals surface area contributed by atoms with Crippen LogP contribution in [0.4, 0.5) is 0 Å². The summed E-state index contributed by atoms with van der Waals surface area (Å²) >= 11 is 0. The van der Waals surface area contributed by atoms with Gasteiger partial charge in [-0.3, -0.25) is 4.90 Å². The Labute approximate surface area is 196 Å². The third-order valence-electron chi connectivity index (χ3n) is 4.98. The van der Waals surface area contributed by atoms with Crippen molar-refractivity contribution in [3.8, 4) is 5.75 Å². The third kappa shape index (κ3) is 6.88. The van der Waals surface area contributed by atoms with Crippen LogP contribution in [0.5, 0.6) is 5.75 Å². The monoisotopic (exact) mass is 528 g/mol. The Hall–Kier alpha value is -1.78. The number of hydrogen-bond donors (Lipinski definition) is 2. The second kappa shape index (κ2) is 12.8. The van der Waals surface area contributed by atoms with Crippen molar-refractivity contribution in [3.05, 3.63) is 53.5 Å². The van der Waals surface area contributed by atoms with E-state index in [4.69, 9.17) is 18.9 Å². The van der Waals surface area contributed by atoms with Crippen LogP contribution in [0.2, 0.25) is 0 Å². The number of nitrogens with one attached hydrogen (secondary N) is 2. The molecule has 1 aromatic carbocycles. The molecule has 1 aliphatic heterocycles. The first-order chi connectivity index (χ1) is 14.2. The van der Waals surface area contributed by atoms with Crippen molar-refractivity contribution in [2.45, 2.75) is 26.4 Å². The van der Waals surface area contributed by atoms with Crippen LogP contribution >= 0.6 is 24.0 Å². The minimum Gasteiger partial charge on any atom is -0.496 e. The zero-order valence-corrected chi connectivity index (χ0v) is 20.3. The molecule has 2 heterocycles. The quantitative estimate of drug-likeness (QED) is 0.311. The molecular formula is C22H33IN4O3. The number of aryl methyl sites for hydroxylation is 1. The van der Waals surface area contributed by atoms with Gasteiger partial charge in [0.2, 0.25) is 0 Å². The molecule has 1 atom stereocenters. The van der Waals surface area contributed by atoms with Crippen LogP contribution < -0.4 is 15.4 Å². The highest BCUT2D eigenvalue weighted by Crippen LogP contribution is 2.23. The van der Waals surface area contributed by atoms with E-state index in [-0.39, 0.29) is 30.0 Å². The highest BCUT2D eigenvalue weighted by atomic mass is 127. The number of aliphatic imine (C=N–C) groups is 1. The van der Waals surface area contributed by atoms with Gasteiger partial charge in [-0.1, -0.05) is 18.2 Å². The van der Waals surface area contributed by atoms with Gasteiger partial charge in [-0.05, 0) is 32.0 Å². The molecule has 1 aromatic heterocycles. The van der Waals surface area contributed by atoms with Crippen LogP contribution in [-0.4, -0.2) is 57.4 Å². The first-order valence-electron chi connectivity index (χ1n) is 10.2. The van der Waals surface area contributed by atoms with Crippen molar-refractivity contribution in [1.82, 2.24) is 15.5 Å². The Morgan fingerprint density at radius 3 is 2.60 bits per heavy atom. The highest BCUT2D eigenvalue weighted by Gasteiger charge is 2.25. The lowest BCUT2D eigenvalue weighted by atomic mass is 10.1. The van der Waals surface area contributed by atoms with Crippen LogP contribution in [0.15, 0.2) is 45.8 Å². The van der Waals surface area contributed by atoms with Gasteiger partial charge in [0.15, 0.2) is 5.96 Å². The van der Waals surface area contributed by atoms with Gasteiger partial charge >= 0.3 is 0 Å². The number of guanidine groups is 1. The summed E-state index contributed by atoms with van der Waals surface area (Å²) in [6, 6.07) is 12.2. The van der Waals surface area contributed by atoms with Gasteiger partial charge < -0.3 is 24.5 Å². The standard InChI is InChI=1S/C22H32N4O3.HI/c1-4-23-22(24-15-18-7-5-6-8-20(18)27-3)25-16-19(21-10-9-17(2)29-21)26-11-13-28-14-12-26;/h5-10,19H,4,11-16H2,1-3H3,(H2,23,24,25);1H. The first kappa shape index (κ1) is 24.5. The number of hydrogen-bond acceptors (Lipinski definition) is 5. The molecule has 0 amide bonds. The summed E-state index contributed by atoms with van der Waals surface area (Å²) in [5.41, 5.74) is 1.05. The van der Waals surface area contributed by atoms with Crippen molar-refractivity contribution in [1.29, 1.82) is 0 Å². The second-order valence-electron chi connectivity index (χ2n) is 7.00. The largest absolute Gasteiger partial charge is 0.496 e. The molecule has 2 aromatic rings. The summed E-state index contributed by atoms with van der Waals surface area (Å²) in [5.74, 6) is 3.52. The molecule has 1 saturated heterocycles. The van der Waals surface area contributed by atoms with Gasteiger partial charge in [0.1, 0.15) is 17.3 Å². The number of benzene rings is 1. The maximum Gasteiger partial charge on any atom is 0.191 e. The van der Waals surface area contributed by atoms with Crippen LogP contribution in [0.3, 0.4) is 0 Å². The number of ether oxygens (including phenoxy) is 2. The Bertz CT molecular complexity index is 790. The molecule has 166 valence electrons. The number of morpholine rings is 1. The van der Waals surface area contributed by atoms with Crippen molar-refractivity contribution < 1.29 is 13.9 Å². The smallest absolute Gasteiger partial charge is 0.191 e. The van der Waals surface area contributed by atoms with Gasteiger partial charge in [0, 0.05) is 31.7 Å². The van der Waals surface area contributed by atoms with Crippen molar-refractivity contribution in [2.75, 3.05) is 46.5 Å². The van der Waals surface area contributed by atoms with Gasteiger partial charge in [-0.2, -0.15) is 0 Å². The molecule has 0 aliphatic carbocycles. The Balaban J connectivity index is 0.00000320. The van der Waals surface area contributed by atoms with Crippen molar-refractivity contribution in [2.24, 2.45) is 4.99 Å². The number of methoxy groups -OCH3 is 1. The third-order valence-corrected chi connectivity index (χ3v) is 4.98.